The summed E-state index contributed by atoms with van der Waals surface area (Å²) in [6, 6.07) is 0. The number of aliphatic hydroxyl groups excluding tert-OH is 1. The molecule has 0 amide bonds. The Bertz CT molecular complexity index is 629. The Morgan fingerprint density at radius 3 is 2.90 bits per heavy atom. The summed E-state index contributed by atoms with van der Waals surface area (Å²) >= 11 is 0. The van der Waals surface area contributed by atoms with E-state index < -0.39 is 6.23 Å². The molecule has 3 atom stereocenters. The molecule has 1 N–H and O–H groups in total. The summed E-state index contributed by atoms with van der Waals surface area (Å²) in [4.78, 5) is 15.0. The number of ether oxygens (including phenoxy) is 1. The zero-order chi connectivity index (χ0) is 15.0. The van der Waals surface area contributed by atoms with E-state index in [1.807, 2.05) is 30.2 Å². The Morgan fingerprint density at radius 2 is 2.24 bits per heavy atom. The summed E-state index contributed by atoms with van der Waals surface area (Å²) in [5.74, 6) is 0.929. The maximum Gasteiger partial charge on any atom is 0.167 e. The van der Waals surface area contributed by atoms with Crippen molar-refractivity contribution < 1.29 is 9.84 Å². The molecule has 1 saturated heterocycles. The summed E-state index contributed by atoms with van der Waals surface area (Å²) < 4.78 is 7.48. The third kappa shape index (κ3) is 2.36. The lowest BCUT2D eigenvalue weighted by Crippen LogP contribution is -2.32. The highest BCUT2D eigenvalue weighted by Gasteiger charge is 2.32. The lowest BCUT2D eigenvalue weighted by Gasteiger charge is -2.23. The molecule has 1 aliphatic heterocycles. The Kier molecular flexibility index (Phi) is 3.77. The van der Waals surface area contributed by atoms with Crippen molar-refractivity contribution in [1.29, 1.82) is 0 Å². The van der Waals surface area contributed by atoms with Gasteiger partial charge in [-0.3, -0.25) is 4.57 Å². The number of aliphatic hydroxyl groups is 1. The number of rotatable bonds is 4. The first kappa shape index (κ1) is 14.2. The van der Waals surface area contributed by atoms with Gasteiger partial charge in [0.15, 0.2) is 17.0 Å². The molecule has 2 aromatic heterocycles. The van der Waals surface area contributed by atoms with Crippen LogP contribution in [-0.4, -0.2) is 44.0 Å². The Morgan fingerprint density at radius 1 is 1.43 bits per heavy atom. The molecule has 0 aromatic carbocycles. The van der Waals surface area contributed by atoms with Crippen LogP contribution in [0, 0.1) is 5.92 Å². The average Bonchev–Trinajstić information content (AvgIpc) is 3.04. The summed E-state index contributed by atoms with van der Waals surface area (Å²) in [5.41, 5.74) is 1.44. The van der Waals surface area contributed by atoms with Crippen LogP contribution in [0.1, 0.15) is 33.4 Å². The van der Waals surface area contributed by atoms with Gasteiger partial charge in [-0.05, 0) is 20.3 Å². The molecular weight excluding hydrogens is 270 g/mol. The van der Waals surface area contributed by atoms with Crippen molar-refractivity contribution in [1.82, 2.24) is 19.5 Å². The Labute approximate surface area is 123 Å². The van der Waals surface area contributed by atoms with Crippen molar-refractivity contribution in [3.05, 3.63) is 12.7 Å². The maximum absolute atomic E-state index is 10.3. The summed E-state index contributed by atoms with van der Waals surface area (Å²) in [5, 5.41) is 10.3. The minimum absolute atomic E-state index is 0.134. The van der Waals surface area contributed by atoms with E-state index in [1.165, 1.54) is 6.33 Å². The van der Waals surface area contributed by atoms with E-state index >= 15 is 0 Å². The highest BCUT2D eigenvalue weighted by atomic mass is 16.5. The topological polar surface area (TPSA) is 76.3 Å². The van der Waals surface area contributed by atoms with Gasteiger partial charge in [0.2, 0.25) is 0 Å². The third-order valence-corrected chi connectivity index (χ3v) is 4.06. The second-order valence-electron chi connectivity index (χ2n) is 5.45. The number of fused-ring (bicyclic) bond motifs is 1. The molecule has 2 aromatic rings. The fraction of sp³-hybridized carbons (Fsp3) is 0.643. The SMILES string of the molecule is CCOC(C)n1cnc2c(N3CCC(C)C3O)ncnc21. The molecule has 0 spiro atoms. The lowest BCUT2D eigenvalue weighted by molar-refractivity contribution is 0.0272. The second-order valence-corrected chi connectivity index (χ2v) is 5.45. The molecule has 0 aliphatic carbocycles. The number of nitrogens with zero attached hydrogens (tertiary/aromatic N) is 5. The first-order chi connectivity index (χ1) is 10.1. The number of anilines is 1. The van der Waals surface area contributed by atoms with Crippen LogP contribution in [0.25, 0.3) is 11.2 Å². The van der Waals surface area contributed by atoms with Gasteiger partial charge in [-0.2, -0.15) is 0 Å². The largest absolute Gasteiger partial charge is 0.373 e. The highest BCUT2D eigenvalue weighted by molar-refractivity contribution is 5.83. The molecule has 0 radical (unpaired) electrons. The van der Waals surface area contributed by atoms with Crippen LogP contribution >= 0.6 is 0 Å². The molecule has 1 fully saturated rings. The molecule has 3 unspecified atom stereocenters. The van der Waals surface area contributed by atoms with Gasteiger partial charge >= 0.3 is 0 Å². The fourth-order valence-corrected chi connectivity index (χ4v) is 2.80. The minimum atomic E-state index is -0.516. The van der Waals surface area contributed by atoms with Gasteiger partial charge in [-0.1, -0.05) is 6.92 Å². The van der Waals surface area contributed by atoms with Gasteiger partial charge in [-0.15, -0.1) is 0 Å². The van der Waals surface area contributed by atoms with Crippen molar-refractivity contribution in [2.75, 3.05) is 18.1 Å². The van der Waals surface area contributed by atoms with Crippen LogP contribution in [0.4, 0.5) is 5.82 Å². The van der Waals surface area contributed by atoms with Crippen molar-refractivity contribution >= 4 is 17.0 Å². The molecular formula is C14H21N5O2. The van der Waals surface area contributed by atoms with Gasteiger partial charge in [-0.25, -0.2) is 15.0 Å². The molecule has 0 bridgehead atoms. The monoisotopic (exact) mass is 291 g/mol. The maximum atomic E-state index is 10.3. The van der Waals surface area contributed by atoms with Crippen LogP contribution in [0.3, 0.4) is 0 Å². The lowest BCUT2D eigenvalue weighted by atomic mass is 10.1. The zero-order valence-electron chi connectivity index (χ0n) is 12.6. The number of hydrogen-bond acceptors (Lipinski definition) is 6. The number of imidazole rings is 1. The van der Waals surface area contributed by atoms with Crippen molar-refractivity contribution in [2.45, 2.75) is 39.6 Å². The summed E-state index contributed by atoms with van der Waals surface area (Å²) in [7, 11) is 0. The van der Waals surface area contributed by atoms with E-state index in [9.17, 15) is 5.11 Å². The van der Waals surface area contributed by atoms with Crippen molar-refractivity contribution in [3.63, 3.8) is 0 Å². The molecule has 0 saturated carbocycles. The normalized spacial score (nSPS) is 23.9. The predicted octanol–water partition coefficient (Wildman–Crippen LogP) is 1.55. The van der Waals surface area contributed by atoms with Gasteiger partial charge < -0.3 is 14.7 Å². The standard InChI is InChI=1S/C14H21N5O2/c1-4-21-10(3)19-8-17-11-12(15-7-16-13(11)19)18-6-5-9(2)14(18)20/h7-10,14,20H,4-6H2,1-3H3. The van der Waals surface area contributed by atoms with Gasteiger partial charge in [0.05, 0.1) is 6.33 Å². The molecule has 7 nitrogen and oxygen atoms in total. The van der Waals surface area contributed by atoms with E-state index in [4.69, 9.17) is 4.74 Å². The van der Waals surface area contributed by atoms with Crippen LogP contribution in [0.15, 0.2) is 12.7 Å². The number of hydrogen-bond donors (Lipinski definition) is 1. The second kappa shape index (κ2) is 5.57. The van der Waals surface area contributed by atoms with Gasteiger partial charge in [0.25, 0.3) is 0 Å². The first-order valence-electron chi connectivity index (χ1n) is 7.37. The first-order valence-corrected chi connectivity index (χ1v) is 7.37. The average molecular weight is 291 g/mol. The van der Waals surface area contributed by atoms with Crippen LogP contribution in [0.2, 0.25) is 0 Å². The third-order valence-electron chi connectivity index (χ3n) is 4.06. The zero-order valence-corrected chi connectivity index (χ0v) is 12.6. The molecule has 7 heteroatoms. The van der Waals surface area contributed by atoms with Crippen LogP contribution in [0.5, 0.6) is 0 Å². The Hall–Kier alpha value is -1.73. The fourth-order valence-electron chi connectivity index (χ4n) is 2.80. The number of aromatic nitrogens is 4. The molecule has 1 aliphatic rings. The summed E-state index contributed by atoms with van der Waals surface area (Å²) in [6.45, 7) is 7.36. The van der Waals surface area contributed by atoms with E-state index in [0.29, 0.717) is 17.9 Å². The minimum Gasteiger partial charge on any atom is -0.373 e. The van der Waals surface area contributed by atoms with Crippen molar-refractivity contribution in [2.24, 2.45) is 5.92 Å². The molecule has 114 valence electrons. The van der Waals surface area contributed by atoms with Crippen molar-refractivity contribution in [3.8, 4) is 0 Å². The molecule has 21 heavy (non-hydrogen) atoms. The predicted molar refractivity (Wildman–Crippen MR) is 78.8 cm³/mol. The van der Waals surface area contributed by atoms with E-state index in [-0.39, 0.29) is 12.1 Å². The summed E-state index contributed by atoms with van der Waals surface area (Å²) in [6.07, 6.45) is 3.53. The Balaban J connectivity index is 2.02. The van der Waals surface area contributed by atoms with E-state index in [1.54, 1.807) is 6.33 Å². The highest BCUT2D eigenvalue weighted by Crippen LogP contribution is 2.31. The van der Waals surface area contributed by atoms with E-state index in [2.05, 4.69) is 15.0 Å². The van der Waals surface area contributed by atoms with Gasteiger partial charge in [0, 0.05) is 19.1 Å². The molecule has 3 heterocycles. The smallest absolute Gasteiger partial charge is 0.167 e. The van der Waals surface area contributed by atoms with Crippen LogP contribution in [-0.2, 0) is 4.74 Å². The quantitative estimate of drug-likeness (QED) is 0.921. The van der Waals surface area contributed by atoms with Gasteiger partial charge in [0.1, 0.15) is 18.8 Å². The van der Waals surface area contributed by atoms with Crippen LogP contribution < -0.4 is 4.90 Å². The molecule has 3 rings (SSSR count). The van der Waals surface area contributed by atoms with E-state index in [0.717, 1.165) is 18.6 Å².